The van der Waals surface area contributed by atoms with E-state index in [0.29, 0.717) is 6.42 Å². The Morgan fingerprint density at radius 3 is 2.88 bits per heavy atom. The Kier molecular flexibility index (Phi) is 2.33. The Bertz CT molecular complexity index is 660. The predicted molar refractivity (Wildman–Crippen MR) is 62.2 cm³/mol. The van der Waals surface area contributed by atoms with Gasteiger partial charge in [-0.05, 0) is 29.8 Å². The van der Waals surface area contributed by atoms with Crippen molar-refractivity contribution >= 4 is 5.65 Å². The standard InChI is InChI=1S/C13H10FN3/c14-11-5-3-4-10(8-11)9-13-16-15-12-6-1-2-7-17(12)13/h1-8H,9H2. The Morgan fingerprint density at radius 2 is 2.00 bits per heavy atom. The van der Waals surface area contributed by atoms with Crippen LogP contribution < -0.4 is 0 Å². The first-order valence-corrected chi connectivity index (χ1v) is 5.36. The van der Waals surface area contributed by atoms with Gasteiger partial charge in [-0.25, -0.2) is 4.39 Å². The van der Waals surface area contributed by atoms with Gasteiger partial charge in [0.1, 0.15) is 11.6 Å². The van der Waals surface area contributed by atoms with Crippen molar-refractivity contribution in [1.29, 1.82) is 0 Å². The minimum atomic E-state index is -0.226. The van der Waals surface area contributed by atoms with Crippen LogP contribution in [0, 0.1) is 5.82 Å². The fraction of sp³-hybridized carbons (Fsp3) is 0.0769. The van der Waals surface area contributed by atoms with Gasteiger partial charge in [0.05, 0.1) is 0 Å². The molecule has 3 rings (SSSR count). The molecule has 0 saturated heterocycles. The van der Waals surface area contributed by atoms with Crippen molar-refractivity contribution in [2.45, 2.75) is 6.42 Å². The average Bonchev–Trinajstić information content (AvgIpc) is 2.73. The quantitative estimate of drug-likeness (QED) is 0.673. The van der Waals surface area contributed by atoms with Gasteiger partial charge < -0.3 is 0 Å². The molecule has 0 bridgehead atoms. The number of rotatable bonds is 2. The third-order valence-corrected chi connectivity index (χ3v) is 2.64. The lowest BCUT2D eigenvalue weighted by Gasteiger charge is -2.00. The van der Waals surface area contributed by atoms with E-state index < -0.39 is 0 Å². The number of aromatic nitrogens is 3. The summed E-state index contributed by atoms with van der Waals surface area (Å²) < 4.78 is 15.0. The van der Waals surface area contributed by atoms with E-state index in [1.165, 1.54) is 12.1 Å². The van der Waals surface area contributed by atoms with Crippen molar-refractivity contribution < 1.29 is 4.39 Å². The molecule has 0 spiro atoms. The second-order valence-corrected chi connectivity index (χ2v) is 3.85. The van der Waals surface area contributed by atoms with Gasteiger partial charge in [0.15, 0.2) is 5.65 Å². The molecule has 84 valence electrons. The molecule has 0 N–H and O–H groups in total. The third kappa shape index (κ3) is 1.89. The van der Waals surface area contributed by atoms with Crippen LogP contribution >= 0.6 is 0 Å². The van der Waals surface area contributed by atoms with Gasteiger partial charge in [-0.3, -0.25) is 4.40 Å². The highest BCUT2D eigenvalue weighted by Gasteiger charge is 2.05. The first-order chi connectivity index (χ1) is 8.33. The molecule has 0 fully saturated rings. The fourth-order valence-corrected chi connectivity index (χ4v) is 1.84. The van der Waals surface area contributed by atoms with Crippen LogP contribution in [0.1, 0.15) is 11.4 Å². The molecule has 4 heteroatoms. The summed E-state index contributed by atoms with van der Waals surface area (Å²) in [5.74, 6) is 0.586. The van der Waals surface area contributed by atoms with Crippen LogP contribution in [0.15, 0.2) is 48.7 Å². The van der Waals surface area contributed by atoms with Gasteiger partial charge in [0.25, 0.3) is 0 Å². The number of fused-ring (bicyclic) bond motifs is 1. The van der Waals surface area contributed by atoms with Crippen molar-refractivity contribution in [1.82, 2.24) is 14.6 Å². The van der Waals surface area contributed by atoms with E-state index in [2.05, 4.69) is 10.2 Å². The van der Waals surface area contributed by atoms with E-state index in [9.17, 15) is 4.39 Å². The lowest BCUT2D eigenvalue weighted by molar-refractivity contribution is 0.625. The van der Waals surface area contributed by atoms with E-state index in [1.807, 2.05) is 34.9 Å². The van der Waals surface area contributed by atoms with Crippen LogP contribution in [-0.2, 0) is 6.42 Å². The Hall–Kier alpha value is -2.23. The summed E-state index contributed by atoms with van der Waals surface area (Å²) >= 11 is 0. The number of pyridine rings is 1. The molecular formula is C13H10FN3. The molecule has 0 aliphatic rings. The maximum atomic E-state index is 13.1. The van der Waals surface area contributed by atoms with Crippen LogP contribution in [0.5, 0.6) is 0 Å². The second kappa shape index (κ2) is 3.97. The summed E-state index contributed by atoms with van der Waals surface area (Å²) in [6.07, 6.45) is 2.48. The number of halogens is 1. The fourth-order valence-electron chi connectivity index (χ4n) is 1.84. The molecule has 0 amide bonds. The summed E-state index contributed by atoms with van der Waals surface area (Å²) in [6, 6.07) is 12.3. The van der Waals surface area contributed by atoms with Crippen molar-refractivity contribution in [3.63, 3.8) is 0 Å². The summed E-state index contributed by atoms with van der Waals surface area (Å²) in [5, 5.41) is 8.17. The number of nitrogens with zero attached hydrogens (tertiary/aromatic N) is 3. The zero-order valence-corrected chi connectivity index (χ0v) is 9.05. The molecule has 1 aromatic carbocycles. The highest BCUT2D eigenvalue weighted by molar-refractivity contribution is 5.37. The molecule has 3 nitrogen and oxygen atoms in total. The summed E-state index contributed by atoms with van der Waals surface area (Å²) in [4.78, 5) is 0. The van der Waals surface area contributed by atoms with Crippen LogP contribution in [0.4, 0.5) is 4.39 Å². The zero-order chi connectivity index (χ0) is 11.7. The molecule has 0 atom stereocenters. The molecule has 2 heterocycles. The molecule has 2 aromatic heterocycles. The van der Waals surface area contributed by atoms with Gasteiger partial charge in [-0.15, -0.1) is 10.2 Å². The largest absolute Gasteiger partial charge is 0.286 e. The lowest BCUT2D eigenvalue weighted by atomic mass is 10.1. The molecule has 0 saturated carbocycles. The Morgan fingerprint density at radius 1 is 1.06 bits per heavy atom. The van der Waals surface area contributed by atoms with E-state index in [4.69, 9.17) is 0 Å². The van der Waals surface area contributed by atoms with Crippen molar-refractivity contribution in [2.75, 3.05) is 0 Å². The van der Waals surface area contributed by atoms with Gasteiger partial charge in [0.2, 0.25) is 0 Å². The maximum absolute atomic E-state index is 13.1. The lowest BCUT2D eigenvalue weighted by Crippen LogP contribution is -1.96. The molecule has 3 aromatic rings. The molecule has 0 aliphatic heterocycles. The van der Waals surface area contributed by atoms with E-state index in [0.717, 1.165) is 17.0 Å². The van der Waals surface area contributed by atoms with Crippen molar-refractivity contribution in [3.8, 4) is 0 Å². The second-order valence-electron chi connectivity index (χ2n) is 3.85. The molecule has 0 radical (unpaired) electrons. The first-order valence-electron chi connectivity index (χ1n) is 5.36. The smallest absolute Gasteiger partial charge is 0.160 e. The van der Waals surface area contributed by atoms with E-state index >= 15 is 0 Å². The van der Waals surface area contributed by atoms with Crippen LogP contribution in [0.3, 0.4) is 0 Å². The Labute approximate surface area is 97.5 Å². The van der Waals surface area contributed by atoms with Crippen LogP contribution in [0.25, 0.3) is 5.65 Å². The number of benzene rings is 1. The normalized spacial score (nSPS) is 10.9. The highest BCUT2D eigenvalue weighted by Crippen LogP contribution is 2.10. The van der Waals surface area contributed by atoms with Gasteiger partial charge >= 0.3 is 0 Å². The predicted octanol–water partition coefficient (Wildman–Crippen LogP) is 2.46. The first kappa shape index (κ1) is 9.96. The van der Waals surface area contributed by atoms with Crippen LogP contribution in [-0.4, -0.2) is 14.6 Å². The van der Waals surface area contributed by atoms with E-state index in [-0.39, 0.29) is 5.82 Å². The molecule has 17 heavy (non-hydrogen) atoms. The Balaban J connectivity index is 2.00. The maximum Gasteiger partial charge on any atom is 0.160 e. The zero-order valence-electron chi connectivity index (χ0n) is 9.05. The molecule has 0 unspecified atom stereocenters. The topological polar surface area (TPSA) is 30.2 Å². The SMILES string of the molecule is Fc1cccc(Cc2nnc3ccccn23)c1. The molecular weight excluding hydrogens is 217 g/mol. The van der Waals surface area contributed by atoms with Gasteiger partial charge in [-0.2, -0.15) is 0 Å². The average molecular weight is 227 g/mol. The van der Waals surface area contributed by atoms with Crippen LogP contribution in [0.2, 0.25) is 0 Å². The summed E-state index contributed by atoms with van der Waals surface area (Å²) in [6.45, 7) is 0. The number of hydrogen-bond donors (Lipinski definition) is 0. The molecule has 0 aliphatic carbocycles. The minimum Gasteiger partial charge on any atom is -0.286 e. The van der Waals surface area contributed by atoms with Crippen molar-refractivity contribution in [3.05, 3.63) is 65.9 Å². The number of hydrogen-bond acceptors (Lipinski definition) is 2. The van der Waals surface area contributed by atoms with E-state index in [1.54, 1.807) is 6.07 Å². The highest BCUT2D eigenvalue weighted by atomic mass is 19.1. The van der Waals surface area contributed by atoms with Gasteiger partial charge in [-0.1, -0.05) is 18.2 Å². The monoisotopic (exact) mass is 227 g/mol. The van der Waals surface area contributed by atoms with Crippen molar-refractivity contribution in [2.24, 2.45) is 0 Å². The summed E-state index contributed by atoms with van der Waals surface area (Å²) in [7, 11) is 0. The minimum absolute atomic E-state index is 0.226. The summed E-state index contributed by atoms with van der Waals surface area (Å²) in [5.41, 5.74) is 1.70. The van der Waals surface area contributed by atoms with Gasteiger partial charge in [0, 0.05) is 12.6 Å². The third-order valence-electron chi connectivity index (χ3n) is 2.64.